The highest BCUT2D eigenvalue weighted by Crippen LogP contribution is 2.19. The number of carbonyl (C=O) groups excluding carboxylic acids is 1. The van der Waals surface area contributed by atoms with Crippen molar-refractivity contribution < 1.29 is 13.9 Å². The van der Waals surface area contributed by atoms with Crippen molar-refractivity contribution >= 4 is 36.0 Å². The number of hydrogen-bond donors (Lipinski definition) is 1. The molecule has 0 saturated carbocycles. The quantitative estimate of drug-likeness (QED) is 0.373. The van der Waals surface area contributed by atoms with Gasteiger partial charge in [0.05, 0.1) is 25.5 Å². The highest BCUT2D eigenvalue weighted by Gasteiger charge is 2.24. The maximum atomic E-state index is 11.8. The molecule has 8 nitrogen and oxygen atoms in total. The fraction of sp³-hybridized carbons (Fsp3) is 0.667. The molecule has 1 aromatic heterocycles. The third-order valence-electron chi connectivity index (χ3n) is 4.35. The van der Waals surface area contributed by atoms with Crippen molar-refractivity contribution in [2.24, 2.45) is 4.99 Å². The lowest BCUT2D eigenvalue weighted by Crippen LogP contribution is -2.54. The van der Waals surface area contributed by atoms with Crippen molar-refractivity contribution in [3.05, 3.63) is 24.2 Å². The predicted octanol–water partition coefficient (Wildman–Crippen LogP) is 2.24. The van der Waals surface area contributed by atoms with Crippen molar-refractivity contribution in [2.45, 2.75) is 19.9 Å². The Kier molecular flexibility index (Phi) is 10.5. The summed E-state index contributed by atoms with van der Waals surface area (Å²) >= 11 is 0. The number of aliphatic imine (C=N–C) groups is 1. The van der Waals surface area contributed by atoms with E-state index >= 15 is 0 Å². The molecule has 0 bridgehead atoms. The number of rotatable bonds is 6. The molecule has 1 aliphatic heterocycles. The molecule has 0 aliphatic carbocycles. The smallest absolute Gasteiger partial charge is 0.409 e. The van der Waals surface area contributed by atoms with Crippen LogP contribution in [-0.4, -0.2) is 86.7 Å². The number of carbonyl (C=O) groups is 1. The lowest BCUT2D eigenvalue weighted by Gasteiger charge is -2.36. The lowest BCUT2D eigenvalue weighted by molar-refractivity contribution is 0.0914. The van der Waals surface area contributed by atoms with E-state index in [4.69, 9.17) is 14.1 Å². The van der Waals surface area contributed by atoms with E-state index in [-0.39, 0.29) is 36.1 Å². The first-order valence-corrected chi connectivity index (χ1v) is 9.21. The number of ether oxygens (including phenoxy) is 1. The van der Waals surface area contributed by atoms with E-state index in [0.717, 1.165) is 31.4 Å². The van der Waals surface area contributed by atoms with E-state index in [9.17, 15) is 4.79 Å². The number of furan rings is 1. The van der Waals surface area contributed by atoms with E-state index in [1.165, 1.54) is 0 Å². The number of nitrogens with one attached hydrogen (secondary N) is 1. The number of piperazine rings is 1. The van der Waals surface area contributed by atoms with Crippen LogP contribution in [0.5, 0.6) is 0 Å². The van der Waals surface area contributed by atoms with Crippen molar-refractivity contribution in [3.8, 4) is 0 Å². The van der Waals surface area contributed by atoms with Gasteiger partial charge in [-0.2, -0.15) is 0 Å². The molecule has 2 heterocycles. The number of hydrogen-bond acceptors (Lipinski definition) is 5. The van der Waals surface area contributed by atoms with Crippen LogP contribution in [0.25, 0.3) is 0 Å². The Morgan fingerprint density at radius 2 is 1.96 bits per heavy atom. The summed E-state index contributed by atoms with van der Waals surface area (Å²) in [7, 11) is 4.04. The minimum atomic E-state index is -0.236. The molecule has 0 aromatic carbocycles. The molecule has 154 valence electrons. The molecule has 0 radical (unpaired) electrons. The van der Waals surface area contributed by atoms with Gasteiger partial charge >= 0.3 is 6.09 Å². The van der Waals surface area contributed by atoms with Gasteiger partial charge in [0, 0.05) is 32.7 Å². The van der Waals surface area contributed by atoms with Gasteiger partial charge in [-0.1, -0.05) is 0 Å². The molecule has 1 aromatic rings. The van der Waals surface area contributed by atoms with Crippen LogP contribution < -0.4 is 5.32 Å². The van der Waals surface area contributed by atoms with Gasteiger partial charge in [0.2, 0.25) is 0 Å². The van der Waals surface area contributed by atoms with Gasteiger partial charge < -0.3 is 24.3 Å². The molecule has 9 heteroatoms. The summed E-state index contributed by atoms with van der Waals surface area (Å²) < 4.78 is 10.6. The molecular weight excluding hydrogens is 461 g/mol. The SMILES string of the molecule is CCNC(=NCC(c1ccco1)N(C)C)N1CCN(C(=O)OCC)CC1.I. The van der Waals surface area contributed by atoms with Crippen LogP contribution in [-0.2, 0) is 4.74 Å². The van der Waals surface area contributed by atoms with E-state index in [1.807, 2.05) is 33.2 Å². The fourth-order valence-corrected chi connectivity index (χ4v) is 2.90. The van der Waals surface area contributed by atoms with E-state index in [1.54, 1.807) is 11.2 Å². The van der Waals surface area contributed by atoms with Crippen molar-refractivity contribution in [1.29, 1.82) is 0 Å². The van der Waals surface area contributed by atoms with Gasteiger partial charge in [0.15, 0.2) is 5.96 Å². The van der Waals surface area contributed by atoms with Crippen LogP contribution in [0.3, 0.4) is 0 Å². The van der Waals surface area contributed by atoms with Crippen LogP contribution in [0, 0.1) is 0 Å². The maximum absolute atomic E-state index is 11.8. The molecule has 1 amide bonds. The zero-order chi connectivity index (χ0) is 18.9. The summed E-state index contributed by atoms with van der Waals surface area (Å²) in [6, 6.07) is 3.96. The first-order valence-electron chi connectivity index (χ1n) is 9.21. The van der Waals surface area contributed by atoms with Gasteiger partial charge in [0.1, 0.15) is 5.76 Å². The third-order valence-corrected chi connectivity index (χ3v) is 4.35. The van der Waals surface area contributed by atoms with Crippen LogP contribution >= 0.6 is 24.0 Å². The molecule has 1 fully saturated rings. The molecular formula is C18H32IN5O3. The van der Waals surface area contributed by atoms with Crippen molar-refractivity contribution in [3.63, 3.8) is 0 Å². The van der Waals surface area contributed by atoms with Crippen molar-refractivity contribution in [2.75, 3.05) is 60.0 Å². The number of nitrogens with zero attached hydrogens (tertiary/aromatic N) is 4. The van der Waals surface area contributed by atoms with Gasteiger partial charge in [-0.05, 0) is 40.1 Å². The average Bonchev–Trinajstić information content (AvgIpc) is 3.15. The second-order valence-electron chi connectivity index (χ2n) is 6.36. The van der Waals surface area contributed by atoms with Gasteiger partial charge in [-0.3, -0.25) is 9.89 Å². The molecule has 1 aliphatic rings. The topological polar surface area (TPSA) is 73.6 Å². The minimum absolute atomic E-state index is 0. The third kappa shape index (κ3) is 6.87. The van der Waals surface area contributed by atoms with Crippen LogP contribution in [0.1, 0.15) is 25.6 Å². The highest BCUT2D eigenvalue weighted by atomic mass is 127. The monoisotopic (exact) mass is 493 g/mol. The summed E-state index contributed by atoms with van der Waals surface area (Å²) in [5, 5.41) is 3.35. The normalized spacial score (nSPS) is 16.1. The molecule has 2 rings (SSSR count). The average molecular weight is 493 g/mol. The molecule has 1 saturated heterocycles. The second kappa shape index (κ2) is 12.1. The second-order valence-corrected chi connectivity index (χ2v) is 6.36. The van der Waals surface area contributed by atoms with Gasteiger partial charge in [-0.15, -0.1) is 24.0 Å². The largest absolute Gasteiger partial charge is 0.468 e. The molecule has 1 N–H and O–H groups in total. The summed E-state index contributed by atoms with van der Waals surface area (Å²) in [5.74, 6) is 1.77. The Hall–Kier alpha value is -1.49. The fourth-order valence-electron chi connectivity index (χ4n) is 2.90. The first kappa shape index (κ1) is 23.5. The molecule has 27 heavy (non-hydrogen) atoms. The predicted molar refractivity (Wildman–Crippen MR) is 117 cm³/mol. The highest BCUT2D eigenvalue weighted by molar-refractivity contribution is 14.0. The van der Waals surface area contributed by atoms with Gasteiger partial charge in [-0.25, -0.2) is 4.79 Å². The Balaban J connectivity index is 0.00000364. The number of likely N-dealkylation sites (N-methyl/N-ethyl adjacent to an activating group) is 1. The van der Waals surface area contributed by atoms with E-state index < -0.39 is 0 Å². The van der Waals surface area contributed by atoms with Crippen LogP contribution in [0.15, 0.2) is 27.8 Å². The number of amides is 1. The summed E-state index contributed by atoms with van der Waals surface area (Å²) in [6.07, 6.45) is 1.45. The Morgan fingerprint density at radius 3 is 2.48 bits per heavy atom. The Bertz CT molecular complexity index is 572. The number of halogens is 1. The van der Waals surface area contributed by atoms with Crippen molar-refractivity contribution in [1.82, 2.24) is 20.0 Å². The van der Waals surface area contributed by atoms with E-state index in [2.05, 4.69) is 22.0 Å². The molecule has 1 unspecified atom stereocenters. The van der Waals surface area contributed by atoms with Crippen LogP contribution in [0.4, 0.5) is 4.79 Å². The summed E-state index contributed by atoms with van der Waals surface area (Å²) in [4.78, 5) is 22.7. The maximum Gasteiger partial charge on any atom is 0.409 e. The Labute approximate surface area is 178 Å². The minimum Gasteiger partial charge on any atom is -0.468 e. The van der Waals surface area contributed by atoms with Gasteiger partial charge in [0.25, 0.3) is 0 Å². The number of guanidine groups is 1. The Morgan fingerprint density at radius 1 is 1.30 bits per heavy atom. The zero-order valence-electron chi connectivity index (χ0n) is 16.7. The summed E-state index contributed by atoms with van der Waals surface area (Å²) in [5.41, 5.74) is 0. The lowest BCUT2D eigenvalue weighted by atomic mass is 10.2. The zero-order valence-corrected chi connectivity index (χ0v) is 19.0. The van der Waals surface area contributed by atoms with E-state index in [0.29, 0.717) is 26.2 Å². The molecule has 1 atom stereocenters. The standard InChI is InChI=1S/C18H31N5O3.HI/c1-5-19-17(20-14-15(21(3)4)16-8-7-13-26-16)22-9-11-23(12-10-22)18(24)25-6-2;/h7-8,13,15H,5-6,9-12,14H2,1-4H3,(H,19,20);1H. The van der Waals surface area contributed by atoms with Crippen LogP contribution in [0.2, 0.25) is 0 Å². The first-order chi connectivity index (χ1) is 12.6. The molecule has 0 spiro atoms. The summed E-state index contributed by atoms with van der Waals surface area (Å²) in [6.45, 7) is 8.42.